The van der Waals surface area contributed by atoms with Gasteiger partial charge in [-0.1, -0.05) is 42.5 Å². The van der Waals surface area contributed by atoms with Gasteiger partial charge in [0, 0.05) is 31.9 Å². The molecule has 25 heavy (non-hydrogen) atoms. The normalized spacial score (nSPS) is 11.6. The van der Waals surface area contributed by atoms with Gasteiger partial charge in [-0.05, 0) is 36.6 Å². The van der Waals surface area contributed by atoms with Crippen molar-refractivity contribution in [1.29, 1.82) is 0 Å². The van der Waals surface area contributed by atoms with Crippen molar-refractivity contribution in [1.82, 2.24) is 10.6 Å². The second-order valence-electron chi connectivity index (χ2n) is 6.16. The average Bonchev–Trinajstić information content (AvgIpc) is 2.66. The zero-order valence-electron chi connectivity index (χ0n) is 14.9. The van der Waals surface area contributed by atoms with Gasteiger partial charge in [0.2, 0.25) is 0 Å². The summed E-state index contributed by atoms with van der Waals surface area (Å²) in [5.74, 6) is 0. The van der Waals surface area contributed by atoms with Gasteiger partial charge in [0.25, 0.3) is 0 Å². The molecule has 0 radical (unpaired) electrons. The van der Waals surface area contributed by atoms with Crippen molar-refractivity contribution in [3.05, 3.63) is 65.7 Å². The molecule has 0 aliphatic carbocycles. The fourth-order valence-electron chi connectivity index (χ4n) is 2.49. The summed E-state index contributed by atoms with van der Waals surface area (Å²) < 4.78 is 0. The van der Waals surface area contributed by atoms with Crippen LogP contribution in [0.5, 0.6) is 0 Å². The Morgan fingerprint density at radius 3 is 2.32 bits per heavy atom. The van der Waals surface area contributed by atoms with Gasteiger partial charge in [-0.3, -0.25) is 0 Å². The number of nitrogens with zero attached hydrogens (tertiary/aromatic N) is 1. The molecule has 3 N–H and O–H groups in total. The molecule has 5 heteroatoms. The molecule has 0 aromatic heterocycles. The Morgan fingerprint density at radius 2 is 1.68 bits per heavy atom. The number of carbonyl (C=O) groups is 1. The van der Waals surface area contributed by atoms with Crippen LogP contribution in [0.1, 0.15) is 18.1 Å². The van der Waals surface area contributed by atoms with E-state index in [1.54, 1.807) is 0 Å². The molecule has 1 atom stereocenters. The van der Waals surface area contributed by atoms with E-state index in [1.165, 1.54) is 0 Å². The highest BCUT2D eigenvalue weighted by molar-refractivity contribution is 5.73. The molecule has 0 aliphatic rings. The minimum atomic E-state index is -0.153. The van der Waals surface area contributed by atoms with Crippen LogP contribution in [0.4, 0.5) is 10.5 Å². The Bertz CT molecular complexity index is 644. The van der Waals surface area contributed by atoms with Gasteiger partial charge < -0.3 is 20.6 Å². The molecule has 2 rings (SSSR count). The van der Waals surface area contributed by atoms with Crippen LogP contribution in [-0.4, -0.2) is 37.3 Å². The number of likely N-dealkylation sites (N-methyl/N-ethyl adjacent to an activating group) is 1. The maximum absolute atomic E-state index is 11.9. The van der Waals surface area contributed by atoms with Crippen LogP contribution < -0.4 is 15.5 Å². The summed E-state index contributed by atoms with van der Waals surface area (Å²) in [6, 6.07) is 17.9. The number of anilines is 1. The van der Waals surface area contributed by atoms with E-state index in [-0.39, 0.29) is 18.7 Å². The van der Waals surface area contributed by atoms with Crippen molar-refractivity contribution in [2.24, 2.45) is 0 Å². The van der Waals surface area contributed by atoms with E-state index in [2.05, 4.69) is 34.6 Å². The number of para-hydroxylation sites is 1. The van der Waals surface area contributed by atoms with Gasteiger partial charge in [0.05, 0.1) is 6.61 Å². The van der Waals surface area contributed by atoms with E-state index in [1.807, 2.05) is 49.5 Å². The van der Waals surface area contributed by atoms with Crippen LogP contribution in [0.2, 0.25) is 0 Å². The first-order valence-corrected chi connectivity index (χ1v) is 8.58. The maximum Gasteiger partial charge on any atom is 0.314 e. The van der Waals surface area contributed by atoms with Gasteiger partial charge in [0.15, 0.2) is 0 Å². The summed E-state index contributed by atoms with van der Waals surface area (Å²) in [5, 5.41) is 14.8. The van der Waals surface area contributed by atoms with Gasteiger partial charge >= 0.3 is 6.03 Å². The molecule has 2 aromatic rings. The van der Waals surface area contributed by atoms with Gasteiger partial charge in [0.1, 0.15) is 0 Å². The number of benzene rings is 2. The van der Waals surface area contributed by atoms with Crippen LogP contribution in [0.15, 0.2) is 54.6 Å². The predicted molar refractivity (Wildman–Crippen MR) is 102 cm³/mol. The fourth-order valence-corrected chi connectivity index (χ4v) is 2.49. The third-order valence-corrected chi connectivity index (χ3v) is 4.29. The first kappa shape index (κ1) is 18.8. The molecule has 0 aliphatic heterocycles. The number of aliphatic hydroxyl groups excluding tert-OH is 1. The topological polar surface area (TPSA) is 64.6 Å². The monoisotopic (exact) mass is 341 g/mol. The summed E-state index contributed by atoms with van der Waals surface area (Å²) in [6.45, 7) is 3.28. The molecule has 5 nitrogen and oxygen atoms in total. The molecule has 0 spiro atoms. The summed E-state index contributed by atoms with van der Waals surface area (Å²) in [7, 11) is 2.02. The zero-order valence-corrected chi connectivity index (χ0v) is 14.9. The zero-order chi connectivity index (χ0) is 18.1. The van der Waals surface area contributed by atoms with E-state index < -0.39 is 0 Å². The average molecular weight is 341 g/mol. The number of carbonyl (C=O) groups excluding carboxylic acids is 1. The molecule has 1 unspecified atom stereocenters. The number of aliphatic hydroxyl groups is 1. The molecule has 0 heterocycles. The number of hydrogen-bond donors (Lipinski definition) is 3. The summed E-state index contributed by atoms with van der Waals surface area (Å²) in [5.41, 5.74) is 3.16. The number of nitrogens with one attached hydrogen (secondary N) is 2. The molecule has 0 saturated carbocycles. The van der Waals surface area contributed by atoms with Crippen LogP contribution in [-0.2, 0) is 13.0 Å². The SMILES string of the molecule is CC(CNC(=O)NCCc1ccc(CO)cc1)N(C)c1ccccc1. The highest BCUT2D eigenvalue weighted by Crippen LogP contribution is 2.13. The molecule has 2 amide bonds. The van der Waals surface area contributed by atoms with Crippen molar-refractivity contribution in [3.63, 3.8) is 0 Å². The Morgan fingerprint density at radius 1 is 1.04 bits per heavy atom. The predicted octanol–water partition coefficient (Wildman–Crippen LogP) is 2.55. The Balaban J connectivity index is 1.67. The van der Waals surface area contributed by atoms with Crippen molar-refractivity contribution in [3.8, 4) is 0 Å². The minimum Gasteiger partial charge on any atom is -0.392 e. The largest absolute Gasteiger partial charge is 0.392 e. The lowest BCUT2D eigenvalue weighted by atomic mass is 10.1. The number of rotatable bonds is 8. The van der Waals surface area contributed by atoms with E-state index in [0.29, 0.717) is 13.1 Å². The van der Waals surface area contributed by atoms with Gasteiger partial charge in [-0.2, -0.15) is 0 Å². The van der Waals surface area contributed by atoms with Crippen LogP contribution in [0.3, 0.4) is 0 Å². The molecular weight excluding hydrogens is 314 g/mol. The first-order valence-electron chi connectivity index (χ1n) is 8.58. The highest BCUT2D eigenvalue weighted by Gasteiger charge is 2.10. The molecule has 0 fully saturated rings. The Kier molecular flexibility index (Phi) is 7.29. The lowest BCUT2D eigenvalue weighted by molar-refractivity contribution is 0.240. The second-order valence-corrected chi connectivity index (χ2v) is 6.16. The van der Waals surface area contributed by atoms with Crippen molar-refractivity contribution in [2.75, 3.05) is 25.0 Å². The standard InChI is InChI=1S/C20H27N3O2/c1-16(23(2)19-6-4-3-5-7-19)14-22-20(25)21-13-12-17-8-10-18(15-24)11-9-17/h3-11,16,24H,12-15H2,1-2H3,(H2,21,22,25). The number of amides is 2. The quantitative estimate of drug-likeness (QED) is 0.691. The minimum absolute atomic E-state index is 0.0521. The van der Waals surface area contributed by atoms with Crippen molar-refractivity contribution >= 4 is 11.7 Å². The lowest BCUT2D eigenvalue weighted by Crippen LogP contribution is -2.44. The van der Waals surface area contributed by atoms with E-state index >= 15 is 0 Å². The third-order valence-electron chi connectivity index (χ3n) is 4.29. The summed E-state index contributed by atoms with van der Waals surface area (Å²) >= 11 is 0. The molecule has 134 valence electrons. The van der Waals surface area contributed by atoms with Crippen LogP contribution in [0, 0.1) is 0 Å². The smallest absolute Gasteiger partial charge is 0.314 e. The summed E-state index contributed by atoms with van der Waals surface area (Å²) in [4.78, 5) is 14.1. The molecule has 0 saturated heterocycles. The van der Waals surface area contributed by atoms with Crippen LogP contribution >= 0.6 is 0 Å². The fraction of sp³-hybridized carbons (Fsp3) is 0.350. The first-order chi connectivity index (χ1) is 12.1. The second kappa shape index (κ2) is 9.69. The highest BCUT2D eigenvalue weighted by atomic mass is 16.3. The number of hydrogen-bond acceptors (Lipinski definition) is 3. The number of urea groups is 1. The maximum atomic E-state index is 11.9. The molecular formula is C20H27N3O2. The molecule has 0 bridgehead atoms. The van der Waals surface area contributed by atoms with E-state index in [9.17, 15) is 4.79 Å². The van der Waals surface area contributed by atoms with Crippen molar-refractivity contribution in [2.45, 2.75) is 26.0 Å². The van der Waals surface area contributed by atoms with E-state index in [0.717, 1.165) is 23.2 Å². The van der Waals surface area contributed by atoms with Crippen LogP contribution in [0.25, 0.3) is 0 Å². The van der Waals surface area contributed by atoms with Gasteiger partial charge in [-0.15, -0.1) is 0 Å². The third kappa shape index (κ3) is 6.12. The molecule has 2 aromatic carbocycles. The summed E-state index contributed by atoms with van der Waals surface area (Å²) in [6.07, 6.45) is 0.763. The lowest BCUT2D eigenvalue weighted by Gasteiger charge is -2.27. The Labute approximate surface area is 149 Å². The van der Waals surface area contributed by atoms with E-state index in [4.69, 9.17) is 5.11 Å². The van der Waals surface area contributed by atoms with Crippen molar-refractivity contribution < 1.29 is 9.90 Å². The Hall–Kier alpha value is -2.53. The van der Waals surface area contributed by atoms with Gasteiger partial charge in [-0.25, -0.2) is 4.79 Å².